The highest BCUT2D eigenvalue weighted by molar-refractivity contribution is 7.90. The summed E-state index contributed by atoms with van der Waals surface area (Å²) in [6.45, 7) is 10.7. The molecule has 3 N–H and O–H groups in total. The smallest absolute Gasteiger partial charge is 0.285 e. The van der Waals surface area contributed by atoms with Gasteiger partial charge < -0.3 is 10.5 Å². The largest absolute Gasteiger partial charge is 0.438 e. The fraction of sp³-hybridized carbons (Fsp3) is 0.269. The number of rotatable bonds is 8. The van der Waals surface area contributed by atoms with E-state index in [1.807, 2.05) is 48.5 Å². The van der Waals surface area contributed by atoms with Crippen molar-refractivity contribution in [2.75, 3.05) is 5.73 Å². The first kappa shape index (κ1) is 26.7. The third-order valence-corrected chi connectivity index (χ3v) is 6.84. The average Bonchev–Trinajstić information content (AvgIpc) is 3.29. The van der Waals surface area contributed by atoms with Crippen molar-refractivity contribution in [3.8, 4) is 22.9 Å². The molecule has 38 heavy (non-hydrogen) atoms. The number of amides is 1. The van der Waals surface area contributed by atoms with Crippen LogP contribution in [0.1, 0.15) is 43.7 Å². The minimum absolute atomic E-state index is 0. The number of nitrogens with one attached hydrogen (secondary N) is 1. The van der Waals surface area contributed by atoms with E-state index in [9.17, 15) is 13.2 Å². The number of pyridine rings is 1. The Morgan fingerprint density at radius 2 is 1.82 bits per heavy atom. The summed E-state index contributed by atoms with van der Waals surface area (Å²) in [6, 6.07) is 6.96. The third kappa shape index (κ3) is 5.80. The van der Waals surface area contributed by atoms with E-state index in [2.05, 4.69) is 33.9 Å². The minimum atomic E-state index is -4.42. The summed E-state index contributed by atoms with van der Waals surface area (Å²) < 4.78 is 35.7. The van der Waals surface area contributed by atoms with Crippen LogP contribution in [0.15, 0.2) is 54.1 Å². The lowest BCUT2D eigenvalue weighted by Crippen LogP contribution is -2.32. The number of nitrogen functional groups attached to an aromatic ring is 1. The van der Waals surface area contributed by atoms with Crippen LogP contribution in [0.25, 0.3) is 11.3 Å². The molecule has 4 aromatic rings. The Morgan fingerprint density at radius 1 is 1.13 bits per heavy atom. The molecule has 0 fully saturated rings. The van der Waals surface area contributed by atoms with Gasteiger partial charge in [-0.25, -0.2) is 19.7 Å². The molecule has 0 bridgehead atoms. The van der Waals surface area contributed by atoms with Gasteiger partial charge in [-0.1, -0.05) is 31.5 Å². The summed E-state index contributed by atoms with van der Waals surface area (Å²) in [5.74, 6) is -0.428. The molecule has 3 heterocycles. The summed E-state index contributed by atoms with van der Waals surface area (Å²) in [6.07, 6.45) is 5.95. The second kappa shape index (κ2) is 10.6. The maximum atomic E-state index is 13.2. The highest BCUT2D eigenvalue weighted by atomic mass is 32.2. The van der Waals surface area contributed by atoms with E-state index in [1.165, 1.54) is 18.5 Å². The van der Waals surface area contributed by atoms with E-state index in [0.717, 1.165) is 28.8 Å². The molecular formula is C26H33N7O4S. The molecule has 11 nitrogen and oxygen atoms in total. The molecule has 4 rings (SSSR count). The van der Waals surface area contributed by atoms with Crippen LogP contribution in [0.3, 0.4) is 0 Å². The molecule has 0 aliphatic rings. The molecule has 0 spiro atoms. The molecule has 0 unspecified atom stereocenters. The van der Waals surface area contributed by atoms with Gasteiger partial charge in [0.05, 0.1) is 11.9 Å². The zero-order valence-corrected chi connectivity index (χ0v) is 22.6. The number of benzene rings is 1. The Morgan fingerprint density at radius 3 is 2.47 bits per heavy atom. The van der Waals surface area contributed by atoms with E-state index in [1.54, 1.807) is 12.3 Å². The van der Waals surface area contributed by atoms with Gasteiger partial charge in [0.25, 0.3) is 15.9 Å². The number of hydrogen-bond donors (Lipinski definition) is 2. The Kier molecular flexibility index (Phi) is 7.44. The quantitative estimate of drug-likeness (QED) is 0.333. The normalized spacial score (nSPS) is 11.5. The van der Waals surface area contributed by atoms with E-state index >= 15 is 0 Å². The molecular weight excluding hydrogens is 506 g/mol. The van der Waals surface area contributed by atoms with Crippen molar-refractivity contribution in [1.82, 2.24) is 29.5 Å². The standard InChI is InChI=1S/C26H29N7O4S.2H2/c1-15(2)13-33-14-19(12-30-33)21-7-6-20(24(34)32-38(35,36)26-23(27)28-8-9-29-26)25(31-21)37-22-17(4)10-16(3)11-18(22)5;;/h6-12,14-15H,13H2,1-5H3,(H2,27,28)(H,32,34);2*1H. The van der Waals surface area contributed by atoms with Gasteiger partial charge in [-0.05, 0) is 49.9 Å². The number of hydrogen-bond acceptors (Lipinski definition) is 9. The summed E-state index contributed by atoms with van der Waals surface area (Å²) in [5, 5.41) is 3.83. The molecule has 0 saturated heterocycles. The zero-order valence-electron chi connectivity index (χ0n) is 21.8. The monoisotopic (exact) mass is 539 g/mol. The number of nitrogens with two attached hydrogens (primary N) is 1. The zero-order chi connectivity index (χ0) is 27.6. The van der Waals surface area contributed by atoms with Crippen LogP contribution in [0, 0.1) is 26.7 Å². The van der Waals surface area contributed by atoms with E-state index in [0.29, 0.717) is 17.4 Å². The Balaban J connectivity index is 0.00000280. The van der Waals surface area contributed by atoms with Gasteiger partial charge in [-0.2, -0.15) is 13.5 Å². The van der Waals surface area contributed by atoms with E-state index < -0.39 is 21.0 Å². The third-order valence-electron chi connectivity index (χ3n) is 5.56. The Hall–Kier alpha value is -4.32. The summed E-state index contributed by atoms with van der Waals surface area (Å²) in [5.41, 5.74) is 9.54. The lowest BCUT2D eigenvalue weighted by molar-refractivity contribution is 0.0978. The highest BCUT2D eigenvalue weighted by Crippen LogP contribution is 2.32. The van der Waals surface area contributed by atoms with Crippen LogP contribution in [0.4, 0.5) is 5.82 Å². The van der Waals surface area contributed by atoms with Gasteiger partial charge in [0.1, 0.15) is 11.3 Å². The van der Waals surface area contributed by atoms with Gasteiger partial charge in [0.15, 0.2) is 5.82 Å². The average molecular weight is 540 g/mol. The number of carbonyl (C=O) groups excluding carboxylic acids is 1. The maximum Gasteiger partial charge on any atom is 0.285 e. The molecule has 12 heteroatoms. The summed E-state index contributed by atoms with van der Waals surface area (Å²) in [7, 11) is -4.42. The number of aryl methyl sites for hydroxylation is 3. The van der Waals surface area contributed by atoms with Crippen molar-refractivity contribution < 1.29 is 20.8 Å². The van der Waals surface area contributed by atoms with Gasteiger partial charge >= 0.3 is 0 Å². The van der Waals surface area contributed by atoms with E-state index in [4.69, 9.17) is 10.5 Å². The number of ether oxygens (including phenoxy) is 1. The van der Waals surface area contributed by atoms with Crippen LogP contribution in [0.5, 0.6) is 11.6 Å². The fourth-order valence-electron chi connectivity index (χ4n) is 4.01. The second-order valence-electron chi connectivity index (χ2n) is 9.41. The molecule has 0 aliphatic heterocycles. The van der Waals surface area contributed by atoms with Crippen LogP contribution in [-0.4, -0.2) is 39.1 Å². The molecule has 202 valence electrons. The van der Waals surface area contributed by atoms with E-state index in [-0.39, 0.29) is 20.1 Å². The van der Waals surface area contributed by atoms with Gasteiger partial charge in [0.2, 0.25) is 10.9 Å². The van der Waals surface area contributed by atoms with Crippen molar-refractivity contribution in [3.63, 3.8) is 0 Å². The Labute approximate surface area is 224 Å². The molecule has 1 amide bonds. The predicted octanol–water partition coefficient (Wildman–Crippen LogP) is 4.30. The summed E-state index contributed by atoms with van der Waals surface area (Å²) in [4.78, 5) is 25.3. The van der Waals surface area contributed by atoms with Gasteiger partial charge in [-0.3, -0.25) is 9.48 Å². The first-order chi connectivity index (χ1) is 17.9. The number of carbonyl (C=O) groups is 1. The summed E-state index contributed by atoms with van der Waals surface area (Å²) >= 11 is 0. The van der Waals surface area contributed by atoms with Crippen LogP contribution in [-0.2, 0) is 16.6 Å². The van der Waals surface area contributed by atoms with Crippen LogP contribution in [0.2, 0.25) is 0 Å². The first-order valence-corrected chi connectivity index (χ1v) is 13.4. The van der Waals surface area contributed by atoms with Crippen LogP contribution >= 0.6 is 0 Å². The van der Waals surface area contributed by atoms with Crippen molar-refractivity contribution in [3.05, 3.63) is 71.3 Å². The lowest BCUT2D eigenvalue weighted by Gasteiger charge is -2.16. The molecule has 0 atom stereocenters. The van der Waals surface area contributed by atoms with Crippen LogP contribution < -0.4 is 15.2 Å². The molecule has 0 aliphatic carbocycles. The molecule has 1 aromatic carbocycles. The molecule has 0 radical (unpaired) electrons. The van der Waals surface area contributed by atoms with Gasteiger partial charge in [0, 0.05) is 33.6 Å². The molecule has 0 saturated carbocycles. The maximum absolute atomic E-state index is 13.2. The highest BCUT2D eigenvalue weighted by Gasteiger charge is 2.26. The SMILES string of the molecule is Cc1cc(C)c(Oc2nc(-c3cnn(CC(C)C)c3)ccc2C(=O)NS(=O)(=O)c2nccnc2N)c(C)c1.[HH].[HH]. The number of sulfonamides is 1. The topological polar surface area (TPSA) is 155 Å². The predicted molar refractivity (Wildman–Crippen MR) is 146 cm³/mol. The van der Waals surface area contributed by atoms with Crippen molar-refractivity contribution in [1.29, 1.82) is 0 Å². The van der Waals surface area contributed by atoms with Gasteiger partial charge in [-0.15, -0.1) is 0 Å². The fourth-order valence-corrected chi connectivity index (χ4v) is 4.99. The number of anilines is 1. The second-order valence-corrected chi connectivity index (χ2v) is 11.0. The molecule has 3 aromatic heterocycles. The number of aromatic nitrogens is 5. The number of nitrogens with zero attached hydrogens (tertiary/aromatic N) is 5. The Bertz CT molecular complexity index is 1600. The minimum Gasteiger partial charge on any atom is -0.438 e. The lowest BCUT2D eigenvalue weighted by atomic mass is 10.1. The first-order valence-electron chi connectivity index (χ1n) is 11.9. The van der Waals surface area contributed by atoms with Crippen molar-refractivity contribution >= 4 is 21.7 Å². The van der Waals surface area contributed by atoms with Crippen molar-refractivity contribution in [2.24, 2.45) is 5.92 Å². The van der Waals surface area contributed by atoms with Crippen molar-refractivity contribution in [2.45, 2.75) is 46.2 Å².